The van der Waals surface area contributed by atoms with Crippen molar-refractivity contribution < 1.29 is 23.0 Å². The van der Waals surface area contributed by atoms with Crippen LogP contribution in [0.4, 0.5) is 13.6 Å². The minimum absolute atomic E-state index is 0.0335. The number of carbonyl (C=O) groups is 1. The molecule has 0 unspecified atom stereocenters. The van der Waals surface area contributed by atoms with Gasteiger partial charge in [-0.25, -0.2) is 13.6 Å². The fourth-order valence-electron chi connectivity index (χ4n) is 3.38. The van der Waals surface area contributed by atoms with Crippen molar-refractivity contribution in [3.8, 4) is 5.75 Å². The van der Waals surface area contributed by atoms with E-state index >= 15 is 0 Å². The largest absolute Gasteiger partial charge is 0.485 e. The summed E-state index contributed by atoms with van der Waals surface area (Å²) in [6.45, 7) is 6.74. The summed E-state index contributed by atoms with van der Waals surface area (Å²) in [7, 11) is 0. The minimum atomic E-state index is -0.683. The van der Waals surface area contributed by atoms with E-state index in [0.29, 0.717) is 5.69 Å². The molecular formula is C26H28F2N2O4. The van der Waals surface area contributed by atoms with Gasteiger partial charge in [0.1, 0.15) is 23.8 Å². The van der Waals surface area contributed by atoms with Gasteiger partial charge < -0.3 is 19.4 Å². The van der Waals surface area contributed by atoms with Crippen LogP contribution >= 0.6 is 0 Å². The van der Waals surface area contributed by atoms with Crippen molar-refractivity contribution in [1.29, 1.82) is 0 Å². The van der Waals surface area contributed by atoms with E-state index in [1.807, 2.05) is 30.3 Å². The average molecular weight is 471 g/mol. The zero-order valence-corrected chi connectivity index (χ0v) is 19.6. The van der Waals surface area contributed by atoms with Crippen LogP contribution in [0.5, 0.6) is 5.75 Å². The van der Waals surface area contributed by atoms with E-state index in [0.717, 1.165) is 5.56 Å². The Hall–Kier alpha value is -3.68. The Morgan fingerprint density at radius 3 is 2.29 bits per heavy atom. The van der Waals surface area contributed by atoms with Crippen LogP contribution in [0.15, 0.2) is 65.6 Å². The molecule has 1 amide bonds. The van der Waals surface area contributed by atoms with Crippen molar-refractivity contribution in [3.63, 3.8) is 0 Å². The van der Waals surface area contributed by atoms with Gasteiger partial charge in [-0.15, -0.1) is 0 Å². The van der Waals surface area contributed by atoms with Crippen LogP contribution in [0.3, 0.4) is 0 Å². The van der Waals surface area contributed by atoms with Crippen LogP contribution in [0.25, 0.3) is 0 Å². The molecule has 6 nitrogen and oxygen atoms in total. The van der Waals surface area contributed by atoms with Gasteiger partial charge in [0.2, 0.25) is 5.43 Å². The molecule has 1 N–H and O–H groups in total. The highest BCUT2D eigenvalue weighted by atomic mass is 19.1. The number of amides is 1. The monoisotopic (exact) mass is 470 g/mol. The Labute approximate surface area is 197 Å². The predicted octanol–water partition coefficient (Wildman–Crippen LogP) is 5.13. The van der Waals surface area contributed by atoms with Gasteiger partial charge in [0.25, 0.3) is 0 Å². The molecule has 0 spiro atoms. The molecule has 1 aromatic heterocycles. The molecule has 2 aromatic carbocycles. The number of rotatable bonds is 7. The summed E-state index contributed by atoms with van der Waals surface area (Å²) in [6, 6.07) is 13.5. The molecule has 1 atom stereocenters. The average Bonchev–Trinajstić information content (AvgIpc) is 2.76. The minimum Gasteiger partial charge on any atom is -0.485 e. The summed E-state index contributed by atoms with van der Waals surface area (Å²) < 4.78 is 41.0. The number of benzene rings is 2. The summed E-state index contributed by atoms with van der Waals surface area (Å²) >= 11 is 0. The van der Waals surface area contributed by atoms with Crippen molar-refractivity contribution in [3.05, 3.63) is 99.5 Å². The number of nitrogens with one attached hydrogen (secondary N) is 1. The predicted molar refractivity (Wildman–Crippen MR) is 125 cm³/mol. The van der Waals surface area contributed by atoms with Crippen molar-refractivity contribution in [2.24, 2.45) is 0 Å². The zero-order valence-electron chi connectivity index (χ0n) is 19.6. The molecule has 0 saturated heterocycles. The van der Waals surface area contributed by atoms with Gasteiger partial charge in [-0.05, 0) is 45.4 Å². The number of nitrogens with zero attached hydrogens (tertiary/aromatic N) is 1. The summed E-state index contributed by atoms with van der Waals surface area (Å²) in [4.78, 5) is 24.9. The van der Waals surface area contributed by atoms with Gasteiger partial charge >= 0.3 is 6.09 Å². The Morgan fingerprint density at radius 1 is 1.03 bits per heavy atom. The Morgan fingerprint density at radius 2 is 1.68 bits per heavy atom. The molecule has 0 saturated carbocycles. The maximum atomic E-state index is 14.1. The second-order valence-corrected chi connectivity index (χ2v) is 8.84. The van der Waals surface area contributed by atoms with Gasteiger partial charge in [0.05, 0.1) is 18.3 Å². The van der Waals surface area contributed by atoms with E-state index in [9.17, 15) is 18.4 Å². The molecule has 34 heavy (non-hydrogen) atoms. The van der Waals surface area contributed by atoms with Crippen molar-refractivity contribution in [2.45, 2.75) is 45.9 Å². The Kier molecular flexibility index (Phi) is 7.71. The highest BCUT2D eigenvalue weighted by Gasteiger charge is 2.22. The highest BCUT2D eigenvalue weighted by molar-refractivity contribution is 5.68. The molecule has 8 heteroatoms. The normalized spacial score (nSPS) is 12.2. The molecule has 1 heterocycles. The molecule has 0 fully saturated rings. The molecule has 0 aliphatic heterocycles. The fourth-order valence-corrected chi connectivity index (χ4v) is 3.38. The molecule has 0 aliphatic carbocycles. The summed E-state index contributed by atoms with van der Waals surface area (Å²) in [6.07, 6.45) is 0.839. The van der Waals surface area contributed by atoms with Gasteiger partial charge in [-0.3, -0.25) is 4.79 Å². The van der Waals surface area contributed by atoms with E-state index in [4.69, 9.17) is 9.47 Å². The molecule has 3 rings (SSSR count). The lowest BCUT2D eigenvalue weighted by atomic mass is 10.1. The van der Waals surface area contributed by atoms with Crippen molar-refractivity contribution in [1.82, 2.24) is 9.88 Å². The van der Waals surface area contributed by atoms with E-state index in [1.165, 1.54) is 35.0 Å². The molecule has 0 radical (unpaired) electrons. The smallest absolute Gasteiger partial charge is 0.408 e. The van der Waals surface area contributed by atoms with Crippen molar-refractivity contribution >= 4 is 6.09 Å². The van der Waals surface area contributed by atoms with Crippen LogP contribution in [-0.2, 0) is 11.3 Å². The number of hydrogen-bond acceptors (Lipinski definition) is 4. The summed E-state index contributed by atoms with van der Waals surface area (Å²) in [5.41, 5.74) is -0.0199. The molecule has 0 bridgehead atoms. The molecular weight excluding hydrogens is 442 g/mol. The van der Waals surface area contributed by atoms with Gasteiger partial charge in [-0.2, -0.15) is 0 Å². The van der Waals surface area contributed by atoms with Crippen LogP contribution in [0, 0.1) is 18.6 Å². The lowest BCUT2D eigenvalue weighted by Crippen LogP contribution is -2.37. The van der Waals surface area contributed by atoms with Gasteiger partial charge in [-0.1, -0.05) is 36.4 Å². The quantitative estimate of drug-likeness (QED) is 0.520. The fraction of sp³-hybridized carbons (Fsp3) is 0.308. The van der Waals surface area contributed by atoms with Crippen LogP contribution in [0.1, 0.15) is 43.6 Å². The Balaban J connectivity index is 1.84. The third-order valence-corrected chi connectivity index (χ3v) is 5.07. The lowest BCUT2D eigenvalue weighted by molar-refractivity contribution is 0.0486. The SMILES string of the molecule is Cc1c(OC[C@H](NC(=O)OC(C)(C)C)c2ccccc2)c(=O)ccn1Cc1c(F)cccc1F. The molecule has 0 aliphatic rings. The van der Waals surface area contributed by atoms with E-state index in [2.05, 4.69) is 5.32 Å². The number of alkyl carbamates (subject to hydrolysis) is 1. The third-order valence-electron chi connectivity index (χ3n) is 5.07. The lowest BCUT2D eigenvalue weighted by Gasteiger charge is -2.24. The number of carbonyl (C=O) groups excluding carboxylic acids is 1. The first kappa shape index (κ1) is 25.0. The van der Waals surface area contributed by atoms with E-state index in [1.54, 1.807) is 27.7 Å². The topological polar surface area (TPSA) is 69.6 Å². The second-order valence-electron chi connectivity index (χ2n) is 8.84. The van der Waals surface area contributed by atoms with E-state index in [-0.39, 0.29) is 29.9 Å². The number of pyridine rings is 1. The van der Waals surface area contributed by atoms with Crippen LogP contribution in [0.2, 0.25) is 0 Å². The van der Waals surface area contributed by atoms with Crippen LogP contribution in [-0.4, -0.2) is 22.9 Å². The summed E-state index contributed by atoms with van der Waals surface area (Å²) in [5, 5.41) is 2.77. The first-order valence-corrected chi connectivity index (χ1v) is 10.9. The third kappa shape index (κ3) is 6.43. The number of ether oxygens (including phenoxy) is 2. The Bertz CT molecular complexity index is 1180. The summed E-state index contributed by atoms with van der Waals surface area (Å²) in [5.74, 6) is -1.32. The molecule has 180 valence electrons. The van der Waals surface area contributed by atoms with Gasteiger partial charge in [0, 0.05) is 17.8 Å². The maximum absolute atomic E-state index is 14.1. The second kappa shape index (κ2) is 10.5. The zero-order chi connectivity index (χ0) is 24.9. The molecule has 3 aromatic rings. The maximum Gasteiger partial charge on any atom is 0.408 e. The number of aromatic nitrogens is 1. The first-order chi connectivity index (χ1) is 16.0. The highest BCUT2D eigenvalue weighted by Crippen LogP contribution is 2.20. The first-order valence-electron chi connectivity index (χ1n) is 10.9. The van der Waals surface area contributed by atoms with E-state index < -0.39 is 29.4 Å². The number of hydrogen-bond donors (Lipinski definition) is 1. The standard InChI is InChI=1S/C26H28F2N2O4/c1-17-24(23(31)13-14-30(17)15-19-20(27)11-8-12-21(19)28)33-16-22(18-9-6-5-7-10-18)29-25(32)34-26(2,3)4/h5-14,22H,15-16H2,1-4H3,(H,29,32)/t22-/m0/s1. The van der Waals surface area contributed by atoms with Crippen molar-refractivity contribution in [2.75, 3.05) is 6.61 Å². The van der Waals surface area contributed by atoms with Gasteiger partial charge in [0.15, 0.2) is 5.75 Å². The van der Waals surface area contributed by atoms with Crippen LogP contribution < -0.4 is 15.5 Å². The number of halogens is 2.